The van der Waals surface area contributed by atoms with E-state index < -0.39 is 6.17 Å². The van der Waals surface area contributed by atoms with Crippen molar-refractivity contribution in [2.45, 2.75) is 39.3 Å². The molecule has 1 aromatic heterocycles. The van der Waals surface area contributed by atoms with Gasteiger partial charge in [0.25, 0.3) is 6.02 Å². The Bertz CT molecular complexity index is 1130. The summed E-state index contributed by atoms with van der Waals surface area (Å²) in [7, 11) is 0. The molecule has 166 valence electrons. The molecule has 32 heavy (non-hydrogen) atoms. The van der Waals surface area contributed by atoms with Crippen molar-refractivity contribution in [3.8, 4) is 22.6 Å². The molecule has 0 saturated heterocycles. The second-order valence-electron chi connectivity index (χ2n) is 9.24. The second kappa shape index (κ2) is 8.57. The number of nitrogens with zero attached hydrogens (tertiary/aromatic N) is 2. The van der Waals surface area contributed by atoms with Crippen molar-refractivity contribution in [3.63, 3.8) is 0 Å². The largest absolute Gasteiger partial charge is 0.465 e. The van der Waals surface area contributed by atoms with Gasteiger partial charge in [0.1, 0.15) is 30.6 Å². The quantitative estimate of drug-likeness (QED) is 0.395. The van der Waals surface area contributed by atoms with Crippen LogP contribution in [0.1, 0.15) is 56.0 Å². The maximum Gasteiger partial charge on any atom is 0.279 e. The SMILES string of the molecule is CC(C)(C)C[C@H](F)c1ccc2c(c1)[C@H](COC(=N)N)c1cc(-c3cncnc3)ccc1O2. The van der Waals surface area contributed by atoms with Crippen molar-refractivity contribution in [2.75, 3.05) is 6.61 Å². The predicted octanol–water partition coefficient (Wildman–Crippen LogP) is 5.74. The van der Waals surface area contributed by atoms with E-state index in [1.165, 1.54) is 6.33 Å². The van der Waals surface area contributed by atoms with Crippen molar-refractivity contribution in [3.05, 3.63) is 71.8 Å². The fourth-order valence-corrected chi connectivity index (χ4v) is 3.96. The third kappa shape index (κ3) is 4.72. The summed E-state index contributed by atoms with van der Waals surface area (Å²) in [6.45, 7) is 6.22. The van der Waals surface area contributed by atoms with Gasteiger partial charge in [0, 0.05) is 29.1 Å². The molecule has 1 aliphatic rings. The van der Waals surface area contributed by atoms with Crippen LogP contribution in [0.25, 0.3) is 11.1 Å². The Morgan fingerprint density at radius 3 is 2.41 bits per heavy atom. The molecule has 2 atom stereocenters. The molecule has 0 spiro atoms. The molecular weight excluding hydrogens is 407 g/mol. The van der Waals surface area contributed by atoms with Crippen LogP contribution < -0.4 is 10.5 Å². The van der Waals surface area contributed by atoms with Gasteiger partial charge < -0.3 is 15.2 Å². The van der Waals surface area contributed by atoms with E-state index in [1.807, 2.05) is 51.1 Å². The Morgan fingerprint density at radius 2 is 1.75 bits per heavy atom. The highest BCUT2D eigenvalue weighted by Gasteiger charge is 2.30. The molecule has 6 nitrogen and oxygen atoms in total. The summed E-state index contributed by atoms with van der Waals surface area (Å²) in [4.78, 5) is 8.19. The molecular formula is C25H27FN4O2. The van der Waals surface area contributed by atoms with Crippen LogP contribution in [0, 0.1) is 10.8 Å². The van der Waals surface area contributed by atoms with Crippen LogP contribution in [0.3, 0.4) is 0 Å². The first-order chi connectivity index (χ1) is 15.2. The molecule has 2 aromatic carbocycles. The highest BCUT2D eigenvalue weighted by molar-refractivity contribution is 5.69. The summed E-state index contributed by atoms with van der Waals surface area (Å²) in [5.74, 6) is 1.07. The van der Waals surface area contributed by atoms with Gasteiger partial charge in [-0.1, -0.05) is 32.9 Å². The molecule has 0 bridgehead atoms. The lowest BCUT2D eigenvalue weighted by Gasteiger charge is -2.30. The number of hydrogen-bond donors (Lipinski definition) is 2. The van der Waals surface area contributed by atoms with Crippen molar-refractivity contribution in [1.29, 1.82) is 5.41 Å². The van der Waals surface area contributed by atoms with Crippen LogP contribution in [-0.4, -0.2) is 22.6 Å². The van der Waals surface area contributed by atoms with Gasteiger partial charge in [0.05, 0.1) is 5.92 Å². The first-order valence-electron chi connectivity index (χ1n) is 10.5. The minimum absolute atomic E-state index is 0.137. The van der Waals surface area contributed by atoms with Crippen LogP contribution in [0.2, 0.25) is 0 Å². The first-order valence-corrected chi connectivity index (χ1v) is 10.5. The normalized spacial score (nSPS) is 15.8. The zero-order chi connectivity index (χ0) is 22.9. The van der Waals surface area contributed by atoms with Gasteiger partial charge >= 0.3 is 0 Å². The van der Waals surface area contributed by atoms with Gasteiger partial charge in [-0.05, 0) is 47.2 Å². The molecule has 0 fully saturated rings. The smallest absolute Gasteiger partial charge is 0.279 e. The van der Waals surface area contributed by atoms with E-state index >= 15 is 4.39 Å². The number of ether oxygens (including phenoxy) is 2. The van der Waals surface area contributed by atoms with E-state index in [4.69, 9.17) is 20.6 Å². The molecule has 3 aromatic rings. The van der Waals surface area contributed by atoms with Gasteiger partial charge in [-0.25, -0.2) is 14.4 Å². The van der Waals surface area contributed by atoms with Crippen LogP contribution in [0.4, 0.5) is 4.39 Å². The Hall–Kier alpha value is -3.48. The van der Waals surface area contributed by atoms with E-state index in [-0.39, 0.29) is 24.0 Å². The number of alkyl halides is 1. The van der Waals surface area contributed by atoms with Crippen molar-refractivity contribution in [2.24, 2.45) is 11.1 Å². The van der Waals surface area contributed by atoms with Crippen LogP contribution >= 0.6 is 0 Å². The summed E-state index contributed by atoms with van der Waals surface area (Å²) in [5, 5.41) is 7.51. The number of nitrogens with one attached hydrogen (secondary N) is 1. The number of rotatable bonds is 5. The number of halogens is 1. The third-order valence-electron chi connectivity index (χ3n) is 5.47. The molecule has 7 heteroatoms. The predicted molar refractivity (Wildman–Crippen MR) is 122 cm³/mol. The molecule has 4 rings (SSSR count). The maximum atomic E-state index is 15.1. The highest BCUT2D eigenvalue weighted by Crippen LogP contribution is 2.47. The van der Waals surface area contributed by atoms with Gasteiger partial charge in [-0.15, -0.1) is 0 Å². The number of aromatic nitrogens is 2. The second-order valence-corrected chi connectivity index (χ2v) is 9.24. The Kier molecular flexibility index (Phi) is 5.82. The standard InChI is InChI=1S/C25H27FN4O2/c1-25(2,3)10-21(26)16-5-7-23-19(9-16)20(13-31-24(27)28)18-8-15(4-6-22(18)32-23)17-11-29-14-30-12-17/h4-9,11-12,14,20-21H,10,13H2,1-3H3,(H3,27,28)/t20-,21+/m1/s1. The minimum atomic E-state index is -1.09. The Balaban J connectivity index is 1.76. The minimum Gasteiger partial charge on any atom is -0.465 e. The third-order valence-corrected chi connectivity index (χ3v) is 5.47. The molecule has 0 amide bonds. The summed E-state index contributed by atoms with van der Waals surface area (Å²) in [5.41, 5.74) is 9.43. The average molecular weight is 435 g/mol. The molecule has 1 aliphatic heterocycles. The Labute approximate surface area is 187 Å². The molecule has 2 heterocycles. The van der Waals surface area contributed by atoms with Gasteiger partial charge in [-0.3, -0.25) is 5.41 Å². The van der Waals surface area contributed by atoms with Gasteiger partial charge in [0.2, 0.25) is 0 Å². The first kappa shape index (κ1) is 21.7. The van der Waals surface area contributed by atoms with Crippen molar-refractivity contribution >= 4 is 6.02 Å². The van der Waals surface area contributed by atoms with E-state index in [2.05, 4.69) is 9.97 Å². The zero-order valence-corrected chi connectivity index (χ0v) is 18.4. The number of benzene rings is 2. The summed E-state index contributed by atoms with van der Waals surface area (Å²) in [6, 6.07) is 10.9. The van der Waals surface area contributed by atoms with E-state index in [0.29, 0.717) is 23.5 Å². The highest BCUT2D eigenvalue weighted by atomic mass is 19.1. The van der Waals surface area contributed by atoms with Gasteiger partial charge in [-0.2, -0.15) is 0 Å². The van der Waals surface area contributed by atoms with Crippen LogP contribution in [0.15, 0.2) is 55.1 Å². The van der Waals surface area contributed by atoms with E-state index in [1.54, 1.807) is 18.5 Å². The maximum absolute atomic E-state index is 15.1. The fourth-order valence-electron chi connectivity index (χ4n) is 3.96. The summed E-state index contributed by atoms with van der Waals surface area (Å²) >= 11 is 0. The van der Waals surface area contributed by atoms with Crippen LogP contribution in [-0.2, 0) is 4.74 Å². The monoisotopic (exact) mass is 434 g/mol. The van der Waals surface area contributed by atoms with E-state index in [9.17, 15) is 0 Å². The molecule has 0 aliphatic carbocycles. The number of nitrogens with two attached hydrogens (primary N) is 1. The number of fused-ring (bicyclic) bond motifs is 2. The van der Waals surface area contributed by atoms with Gasteiger partial charge in [0.15, 0.2) is 0 Å². The molecule has 0 radical (unpaired) electrons. The van der Waals surface area contributed by atoms with E-state index in [0.717, 1.165) is 22.3 Å². The summed E-state index contributed by atoms with van der Waals surface area (Å²) in [6.07, 6.45) is 4.29. The number of hydrogen-bond acceptors (Lipinski definition) is 5. The lowest BCUT2D eigenvalue weighted by molar-refractivity contribution is 0.227. The average Bonchev–Trinajstić information content (AvgIpc) is 2.75. The zero-order valence-electron chi connectivity index (χ0n) is 18.4. The van der Waals surface area contributed by atoms with Crippen molar-refractivity contribution < 1.29 is 13.9 Å². The molecule has 3 N–H and O–H groups in total. The van der Waals surface area contributed by atoms with Crippen LogP contribution in [0.5, 0.6) is 11.5 Å². The molecule has 0 unspecified atom stereocenters. The van der Waals surface area contributed by atoms with Crippen molar-refractivity contribution in [1.82, 2.24) is 9.97 Å². The summed E-state index contributed by atoms with van der Waals surface area (Å²) < 4.78 is 26.6. The fraction of sp³-hybridized carbons (Fsp3) is 0.320. The Morgan fingerprint density at radius 1 is 1.09 bits per heavy atom. The molecule has 0 saturated carbocycles. The topological polar surface area (TPSA) is 94.1 Å². The lowest BCUT2D eigenvalue weighted by atomic mass is 9.83. The lowest BCUT2D eigenvalue weighted by Crippen LogP contribution is -2.22. The number of amidine groups is 1.